The number of hydrogen-bond donors (Lipinski definition) is 2. The predicted molar refractivity (Wildman–Crippen MR) is 129 cm³/mol. The molecule has 2 N–H and O–H groups in total. The Morgan fingerprint density at radius 1 is 0.971 bits per heavy atom. The van der Waals surface area contributed by atoms with Crippen molar-refractivity contribution in [1.82, 2.24) is 10.2 Å². The Labute approximate surface area is 199 Å². The molecule has 2 aromatic carbocycles. The van der Waals surface area contributed by atoms with Crippen LogP contribution in [0, 0.1) is 0 Å². The number of rotatable bonds is 7. The average Bonchev–Trinajstić information content (AvgIpc) is 2.88. The number of methoxy groups -OCH3 is 2. The van der Waals surface area contributed by atoms with Crippen LogP contribution >= 0.6 is 0 Å². The Kier molecular flexibility index (Phi) is 7.44. The lowest BCUT2D eigenvalue weighted by Crippen LogP contribution is -2.44. The van der Waals surface area contributed by atoms with Gasteiger partial charge >= 0.3 is 0 Å². The van der Waals surface area contributed by atoms with E-state index in [2.05, 4.69) is 14.9 Å². The molecule has 2 aliphatic rings. The highest BCUT2D eigenvalue weighted by atomic mass is 32.2. The molecule has 0 bridgehead atoms. The van der Waals surface area contributed by atoms with E-state index in [0.717, 1.165) is 31.9 Å². The molecule has 2 aliphatic heterocycles. The molecule has 2 fully saturated rings. The maximum absolute atomic E-state index is 13.3. The normalized spacial score (nSPS) is 16.8. The zero-order valence-electron chi connectivity index (χ0n) is 19.4. The lowest BCUT2D eigenvalue weighted by atomic mass is 10.1. The minimum absolute atomic E-state index is 0.0290. The first-order valence-corrected chi connectivity index (χ1v) is 12.6. The number of nitrogens with zero attached hydrogens (tertiary/aromatic N) is 2. The minimum Gasteiger partial charge on any atom is -0.493 e. The van der Waals surface area contributed by atoms with Crippen LogP contribution < -0.4 is 24.4 Å². The molecule has 1 amide bonds. The zero-order chi connectivity index (χ0) is 24.1. The van der Waals surface area contributed by atoms with Crippen molar-refractivity contribution >= 4 is 27.3 Å². The number of amides is 1. The van der Waals surface area contributed by atoms with Crippen molar-refractivity contribution < 1.29 is 27.4 Å². The number of anilines is 2. The highest BCUT2D eigenvalue weighted by Crippen LogP contribution is 2.33. The van der Waals surface area contributed by atoms with E-state index in [1.165, 1.54) is 26.4 Å². The zero-order valence-corrected chi connectivity index (χ0v) is 20.2. The number of ether oxygens (including phenoxy) is 3. The number of carbonyl (C=O) groups excluding carboxylic acids is 1. The fraction of sp³-hybridized carbons (Fsp3) is 0.435. The van der Waals surface area contributed by atoms with Gasteiger partial charge in [-0.3, -0.25) is 9.52 Å². The van der Waals surface area contributed by atoms with Crippen LogP contribution in [0.3, 0.4) is 0 Å². The fourth-order valence-corrected chi connectivity index (χ4v) is 5.15. The van der Waals surface area contributed by atoms with Crippen LogP contribution in [0.15, 0.2) is 41.3 Å². The highest BCUT2D eigenvalue weighted by Gasteiger charge is 2.24. The van der Waals surface area contributed by atoms with Gasteiger partial charge in [0.05, 0.1) is 43.7 Å². The van der Waals surface area contributed by atoms with Gasteiger partial charge in [0.2, 0.25) is 0 Å². The predicted octanol–water partition coefficient (Wildman–Crippen LogP) is 1.39. The van der Waals surface area contributed by atoms with Gasteiger partial charge in [0.15, 0.2) is 11.5 Å². The number of nitrogens with one attached hydrogen (secondary N) is 2. The van der Waals surface area contributed by atoms with Gasteiger partial charge in [-0.15, -0.1) is 0 Å². The molecule has 34 heavy (non-hydrogen) atoms. The Morgan fingerprint density at radius 3 is 2.35 bits per heavy atom. The van der Waals surface area contributed by atoms with Gasteiger partial charge in [0, 0.05) is 50.9 Å². The van der Waals surface area contributed by atoms with Crippen molar-refractivity contribution in [2.45, 2.75) is 4.90 Å². The average molecular weight is 491 g/mol. The lowest BCUT2D eigenvalue weighted by molar-refractivity contribution is 0.0303. The number of benzene rings is 2. The number of morpholine rings is 1. The van der Waals surface area contributed by atoms with E-state index in [4.69, 9.17) is 14.2 Å². The molecular weight excluding hydrogens is 460 g/mol. The van der Waals surface area contributed by atoms with Gasteiger partial charge in [-0.25, -0.2) is 8.42 Å². The number of carbonyl (C=O) groups is 1. The van der Waals surface area contributed by atoms with Crippen LogP contribution in [-0.2, 0) is 14.8 Å². The van der Waals surface area contributed by atoms with Crippen LogP contribution in [0.4, 0.5) is 11.4 Å². The van der Waals surface area contributed by atoms with Crippen LogP contribution in [0.1, 0.15) is 10.4 Å². The van der Waals surface area contributed by atoms with Gasteiger partial charge in [0.25, 0.3) is 15.9 Å². The molecule has 10 nitrogen and oxygen atoms in total. The monoisotopic (exact) mass is 490 g/mol. The molecule has 0 saturated carbocycles. The Bertz CT molecular complexity index is 1130. The molecule has 11 heteroatoms. The summed E-state index contributed by atoms with van der Waals surface area (Å²) in [5.74, 6) is 0.590. The van der Waals surface area contributed by atoms with Gasteiger partial charge in [-0.05, 0) is 30.3 Å². The van der Waals surface area contributed by atoms with Gasteiger partial charge in [-0.2, -0.15) is 0 Å². The molecule has 0 atom stereocenters. The summed E-state index contributed by atoms with van der Waals surface area (Å²) in [5.41, 5.74) is 1.51. The van der Waals surface area contributed by atoms with Crippen molar-refractivity contribution in [3.8, 4) is 11.5 Å². The number of piperazine rings is 1. The molecule has 0 aliphatic carbocycles. The van der Waals surface area contributed by atoms with E-state index in [0.29, 0.717) is 49.1 Å². The molecule has 2 heterocycles. The smallest absolute Gasteiger partial charge is 0.262 e. The van der Waals surface area contributed by atoms with Gasteiger partial charge in [0.1, 0.15) is 0 Å². The van der Waals surface area contributed by atoms with Crippen LogP contribution in [0.25, 0.3) is 0 Å². The standard InChI is InChI=1S/C23H30N4O6S/c1-31-21-6-4-18(16-22(21)32-2)34(29,30)25-19-15-17(23(28)27-11-13-33-14-12-27)3-5-20(19)26-9-7-24-8-10-26/h3-6,15-16,24-25H,7-14H2,1-2H3. The van der Waals surface area contributed by atoms with Gasteiger partial charge < -0.3 is 29.3 Å². The maximum atomic E-state index is 13.3. The quantitative estimate of drug-likeness (QED) is 0.599. The topological polar surface area (TPSA) is 109 Å². The third kappa shape index (κ3) is 5.21. The lowest BCUT2D eigenvalue weighted by Gasteiger charge is -2.32. The highest BCUT2D eigenvalue weighted by molar-refractivity contribution is 7.92. The largest absolute Gasteiger partial charge is 0.493 e. The Morgan fingerprint density at radius 2 is 1.68 bits per heavy atom. The molecule has 0 radical (unpaired) electrons. The second-order valence-electron chi connectivity index (χ2n) is 8.00. The van der Waals surface area contributed by atoms with E-state index in [1.54, 1.807) is 23.1 Å². The van der Waals surface area contributed by atoms with E-state index in [9.17, 15) is 13.2 Å². The molecule has 184 valence electrons. The Hall–Kier alpha value is -3.02. The first-order valence-electron chi connectivity index (χ1n) is 11.1. The summed E-state index contributed by atoms with van der Waals surface area (Å²) in [5, 5.41) is 3.30. The third-order valence-corrected chi connectivity index (χ3v) is 7.27. The summed E-state index contributed by atoms with van der Waals surface area (Å²) < 4.78 is 45.2. The van der Waals surface area contributed by atoms with Crippen molar-refractivity contribution in [1.29, 1.82) is 0 Å². The number of sulfonamides is 1. The molecule has 0 unspecified atom stereocenters. The van der Waals surface area contributed by atoms with Crippen molar-refractivity contribution in [3.63, 3.8) is 0 Å². The van der Waals surface area contributed by atoms with E-state index in [-0.39, 0.29) is 10.8 Å². The summed E-state index contributed by atoms with van der Waals surface area (Å²) in [6.07, 6.45) is 0. The fourth-order valence-electron chi connectivity index (χ4n) is 4.07. The van der Waals surface area contributed by atoms with E-state index >= 15 is 0 Å². The number of hydrogen-bond acceptors (Lipinski definition) is 8. The molecule has 0 spiro atoms. The molecule has 2 saturated heterocycles. The van der Waals surface area contributed by atoms with Crippen molar-refractivity contribution in [2.24, 2.45) is 0 Å². The van der Waals surface area contributed by atoms with Crippen LogP contribution in [0.2, 0.25) is 0 Å². The summed E-state index contributed by atoms with van der Waals surface area (Å²) in [6.45, 7) is 5.01. The SMILES string of the molecule is COc1ccc(S(=O)(=O)Nc2cc(C(=O)N3CCOCC3)ccc2N2CCNCC2)cc1OC. The molecule has 0 aromatic heterocycles. The molecular formula is C23H30N4O6S. The second-order valence-corrected chi connectivity index (χ2v) is 9.68. The first-order chi connectivity index (χ1) is 16.4. The van der Waals surface area contributed by atoms with E-state index < -0.39 is 10.0 Å². The van der Waals surface area contributed by atoms with Crippen LogP contribution in [-0.4, -0.2) is 85.9 Å². The molecule has 4 rings (SSSR count). The summed E-state index contributed by atoms with van der Waals surface area (Å²) >= 11 is 0. The van der Waals surface area contributed by atoms with Crippen LogP contribution in [0.5, 0.6) is 11.5 Å². The maximum Gasteiger partial charge on any atom is 0.262 e. The van der Waals surface area contributed by atoms with Crippen molar-refractivity contribution in [3.05, 3.63) is 42.0 Å². The summed E-state index contributed by atoms with van der Waals surface area (Å²) in [4.78, 5) is 16.9. The summed E-state index contributed by atoms with van der Waals surface area (Å²) in [6, 6.07) is 9.59. The minimum atomic E-state index is -3.97. The van der Waals surface area contributed by atoms with Gasteiger partial charge in [-0.1, -0.05) is 0 Å². The molecule has 2 aromatic rings. The third-order valence-electron chi connectivity index (χ3n) is 5.91. The Balaban J connectivity index is 1.69. The summed E-state index contributed by atoms with van der Waals surface area (Å²) in [7, 11) is -1.04. The van der Waals surface area contributed by atoms with E-state index in [1.807, 2.05) is 6.07 Å². The first kappa shape index (κ1) is 24.1. The second kappa shape index (κ2) is 10.5. The van der Waals surface area contributed by atoms with Crippen molar-refractivity contribution in [2.75, 3.05) is 76.3 Å².